The van der Waals surface area contributed by atoms with E-state index >= 15 is 0 Å². The fourth-order valence-corrected chi connectivity index (χ4v) is 3.78. The highest BCUT2D eigenvalue weighted by molar-refractivity contribution is 6.02. The number of hydrogen-bond donors (Lipinski definition) is 1. The number of carbonyl (C=O) groups excluding carboxylic acids is 2. The summed E-state index contributed by atoms with van der Waals surface area (Å²) in [5, 5.41) is 7.26. The minimum atomic E-state index is -0.846. The third-order valence-electron chi connectivity index (χ3n) is 5.93. The number of anilines is 1. The summed E-state index contributed by atoms with van der Waals surface area (Å²) < 4.78 is 20.4. The highest BCUT2D eigenvalue weighted by Crippen LogP contribution is 2.50. The van der Waals surface area contributed by atoms with Gasteiger partial charge in [0.25, 0.3) is 0 Å². The normalized spacial score (nSPS) is 14.1. The van der Waals surface area contributed by atoms with Gasteiger partial charge in [0.1, 0.15) is 5.82 Å². The zero-order valence-corrected chi connectivity index (χ0v) is 20.6. The van der Waals surface area contributed by atoms with Gasteiger partial charge in [-0.1, -0.05) is 32.9 Å². The van der Waals surface area contributed by atoms with Crippen molar-refractivity contribution in [1.29, 1.82) is 0 Å². The van der Waals surface area contributed by atoms with E-state index in [1.807, 2.05) is 19.2 Å². The van der Waals surface area contributed by atoms with Gasteiger partial charge in [0.2, 0.25) is 5.91 Å². The maximum absolute atomic E-state index is 14.5. The number of aldehydes is 1. The van der Waals surface area contributed by atoms with Crippen molar-refractivity contribution >= 4 is 17.9 Å². The van der Waals surface area contributed by atoms with Crippen molar-refractivity contribution in [2.24, 2.45) is 0 Å². The summed E-state index contributed by atoms with van der Waals surface area (Å²) >= 11 is 0. The zero-order valence-electron chi connectivity index (χ0n) is 20.6. The average molecular weight is 466 g/mol. The van der Waals surface area contributed by atoms with Crippen molar-refractivity contribution in [3.8, 4) is 5.69 Å². The third kappa shape index (κ3) is 5.25. The number of nitrogens with one attached hydrogen (secondary N) is 1. The second kappa shape index (κ2) is 9.89. The van der Waals surface area contributed by atoms with E-state index in [-0.39, 0.29) is 17.1 Å². The molecule has 0 spiro atoms. The molecular weight excluding hydrogens is 433 g/mol. The van der Waals surface area contributed by atoms with Crippen LogP contribution in [-0.4, -0.2) is 36.2 Å². The molecule has 3 aromatic rings. The number of aromatic nitrogens is 2. The molecule has 7 heteroatoms. The lowest BCUT2D eigenvalue weighted by molar-refractivity contribution is -0.118. The first kappa shape index (κ1) is 25.3. The number of nitrogens with zero attached hydrogens (tertiary/aromatic N) is 2. The summed E-state index contributed by atoms with van der Waals surface area (Å²) in [6.45, 7) is 8.10. The van der Waals surface area contributed by atoms with Crippen LogP contribution in [0.1, 0.15) is 60.7 Å². The predicted octanol–water partition coefficient (Wildman–Crippen LogP) is 5.36. The molecule has 0 aliphatic heterocycles. The molecule has 1 aliphatic carbocycles. The molecule has 1 aliphatic rings. The Bertz CT molecular complexity index is 1190. The first-order chi connectivity index (χ1) is 16.1. The highest BCUT2D eigenvalue weighted by Gasteiger charge is 2.52. The van der Waals surface area contributed by atoms with Crippen LogP contribution in [0.2, 0.25) is 0 Å². The number of aryl methyl sites for hydroxylation is 1. The Balaban J connectivity index is 0.00000103. The average Bonchev–Trinajstić information content (AvgIpc) is 3.41. The number of amides is 1. The Kier molecular flexibility index (Phi) is 7.36. The van der Waals surface area contributed by atoms with Crippen molar-refractivity contribution in [1.82, 2.24) is 9.78 Å². The second-order valence-corrected chi connectivity index (χ2v) is 9.74. The number of carbonyl (C=O) groups is 2. The quantitative estimate of drug-likeness (QED) is 0.515. The van der Waals surface area contributed by atoms with Gasteiger partial charge in [-0.05, 0) is 60.6 Å². The molecule has 1 fully saturated rings. The molecule has 2 aromatic carbocycles. The fourth-order valence-electron chi connectivity index (χ4n) is 3.78. The van der Waals surface area contributed by atoms with Crippen LogP contribution >= 0.6 is 0 Å². The molecule has 1 saturated carbocycles. The molecule has 180 valence electrons. The Morgan fingerprint density at radius 2 is 1.85 bits per heavy atom. The van der Waals surface area contributed by atoms with Crippen LogP contribution in [0.5, 0.6) is 0 Å². The van der Waals surface area contributed by atoms with Crippen LogP contribution in [0.3, 0.4) is 0 Å². The molecule has 1 aromatic heterocycles. The number of ether oxygens (including phenoxy) is 1. The monoisotopic (exact) mass is 465 g/mol. The van der Waals surface area contributed by atoms with Gasteiger partial charge < -0.3 is 10.1 Å². The molecule has 1 amide bonds. The van der Waals surface area contributed by atoms with Crippen molar-refractivity contribution in [3.63, 3.8) is 0 Å². The van der Waals surface area contributed by atoms with Crippen LogP contribution in [-0.2, 0) is 20.4 Å². The summed E-state index contributed by atoms with van der Waals surface area (Å²) in [5.74, 6) is -0.612. The van der Waals surface area contributed by atoms with E-state index in [2.05, 4.69) is 35.9 Å². The van der Waals surface area contributed by atoms with Gasteiger partial charge in [-0.3, -0.25) is 9.59 Å². The third-order valence-corrected chi connectivity index (χ3v) is 5.93. The fraction of sp³-hybridized carbons (Fsp3) is 0.370. The summed E-state index contributed by atoms with van der Waals surface area (Å²) in [6.07, 6.45) is 5.63. The number of hydrogen-bond acceptors (Lipinski definition) is 4. The van der Waals surface area contributed by atoms with E-state index in [1.54, 1.807) is 49.4 Å². The van der Waals surface area contributed by atoms with E-state index in [1.165, 1.54) is 6.07 Å². The molecule has 0 atom stereocenters. The van der Waals surface area contributed by atoms with E-state index in [0.29, 0.717) is 35.3 Å². The summed E-state index contributed by atoms with van der Waals surface area (Å²) in [7, 11) is 3.25. The Morgan fingerprint density at radius 3 is 2.38 bits per heavy atom. The largest absolute Gasteiger partial charge is 0.388 e. The molecular formula is C27H32FN3O3. The van der Waals surface area contributed by atoms with Crippen LogP contribution in [0.25, 0.3) is 5.69 Å². The lowest BCUT2D eigenvalue weighted by Gasteiger charge is -2.18. The minimum absolute atomic E-state index is 0.0582. The van der Waals surface area contributed by atoms with E-state index in [9.17, 15) is 14.0 Å². The Labute approximate surface area is 200 Å². The number of methoxy groups -OCH3 is 1. The van der Waals surface area contributed by atoms with Gasteiger partial charge in [0.15, 0.2) is 6.29 Å². The van der Waals surface area contributed by atoms with Crippen LogP contribution < -0.4 is 5.32 Å². The second-order valence-electron chi connectivity index (χ2n) is 9.74. The summed E-state index contributed by atoms with van der Waals surface area (Å²) in [5.41, 5.74) is 2.93. The SMILES string of the molecule is COC.Cc1ccc(C2(C(=O)Nc3ccc(-n4cc(C(C)(C)C)cn4)c(C=O)c3)CC2)c(F)c1. The van der Waals surface area contributed by atoms with Gasteiger partial charge in [-0.2, -0.15) is 5.10 Å². The van der Waals surface area contributed by atoms with Gasteiger partial charge >= 0.3 is 0 Å². The van der Waals surface area contributed by atoms with E-state index < -0.39 is 5.41 Å². The van der Waals surface area contributed by atoms with Crippen molar-refractivity contribution in [3.05, 3.63) is 76.9 Å². The molecule has 34 heavy (non-hydrogen) atoms. The van der Waals surface area contributed by atoms with Crippen molar-refractivity contribution < 1.29 is 18.7 Å². The number of rotatable bonds is 5. The Morgan fingerprint density at radius 1 is 1.18 bits per heavy atom. The molecule has 0 bridgehead atoms. The first-order valence-corrected chi connectivity index (χ1v) is 11.2. The van der Waals surface area contributed by atoms with Crippen LogP contribution in [0.15, 0.2) is 48.8 Å². The van der Waals surface area contributed by atoms with Gasteiger partial charge in [-0.15, -0.1) is 0 Å². The lowest BCUT2D eigenvalue weighted by Crippen LogP contribution is -2.28. The van der Waals surface area contributed by atoms with E-state index in [0.717, 1.165) is 17.4 Å². The molecule has 1 N–H and O–H groups in total. The smallest absolute Gasteiger partial charge is 0.235 e. The van der Waals surface area contributed by atoms with Crippen LogP contribution in [0, 0.1) is 12.7 Å². The van der Waals surface area contributed by atoms with Gasteiger partial charge in [-0.25, -0.2) is 9.07 Å². The van der Waals surface area contributed by atoms with Crippen LogP contribution in [0.4, 0.5) is 10.1 Å². The van der Waals surface area contributed by atoms with Crippen molar-refractivity contribution in [2.75, 3.05) is 19.5 Å². The zero-order chi connectivity index (χ0) is 25.1. The highest BCUT2D eigenvalue weighted by atomic mass is 19.1. The van der Waals surface area contributed by atoms with Crippen molar-refractivity contribution in [2.45, 2.75) is 51.4 Å². The summed E-state index contributed by atoms with van der Waals surface area (Å²) in [6, 6.07) is 10.1. The molecule has 0 radical (unpaired) electrons. The molecule has 6 nitrogen and oxygen atoms in total. The maximum atomic E-state index is 14.5. The standard InChI is InChI=1S/C25H26FN3O2.C2H6O/c1-16-5-7-20(21(26)11-16)25(9-10-25)23(31)28-19-6-8-22(17(12-19)15-30)29-14-18(13-27-29)24(2,3)4;1-3-2/h5-8,11-15H,9-10H2,1-4H3,(H,28,31);1-2H3. The number of benzene rings is 2. The topological polar surface area (TPSA) is 73.2 Å². The predicted molar refractivity (Wildman–Crippen MR) is 131 cm³/mol. The molecule has 4 rings (SSSR count). The minimum Gasteiger partial charge on any atom is -0.388 e. The first-order valence-electron chi connectivity index (χ1n) is 11.2. The summed E-state index contributed by atoms with van der Waals surface area (Å²) in [4.78, 5) is 24.8. The lowest BCUT2D eigenvalue weighted by atomic mass is 9.90. The maximum Gasteiger partial charge on any atom is 0.235 e. The molecule has 0 unspecified atom stereocenters. The van der Waals surface area contributed by atoms with Gasteiger partial charge in [0, 0.05) is 37.2 Å². The molecule has 0 saturated heterocycles. The Hall–Kier alpha value is -3.32. The van der Waals surface area contributed by atoms with Gasteiger partial charge in [0.05, 0.1) is 17.3 Å². The molecule has 1 heterocycles. The number of halogens is 1. The van der Waals surface area contributed by atoms with E-state index in [4.69, 9.17) is 0 Å².